The molecule has 0 aliphatic heterocycles. The topological polar surface area (TPSA) is 35.5 Å². The minimum absolute atomic E-state index is 0.0727. The van der Waals surface area contributed by atoms with E-state index in [9.17, 15) is 4.79 Å². The van der Waals surface area contributed by atoms with Gasteiger partial charge in [-0.2, -0.15) is 0 Å². The number of rotatable bonds is 5. The number of ether oxygens (including phenoxy) is 2. The summed E-state index contributed by atoms with van der Waals surface area (Å²) in [7, 11) is 3.12. The normalized spacial score (nSPS) is 10.6. The third-order valence-corrected chi connectivity index (χ3v) is 3.17. The Hall–Kier alpha value is -2.55. The monoisotopic (exact) mass is 282 g/mol. The number of aryl methyl sites for hydroxylation is 1. The van der Waals surface area contributed by atoms with Crippen LogP contribution in [0.15, 0.2) is 48.5 Å². The van der Waals surface area contributed by atoms with Crippen molar-refractivity contribution in [3.63, 3.8) is 0 Å². The van der Waals surface area contributed by atoms with Gasteiger partial charge in [0.2, 0.25) is 0 Å². The van der Waals surface area contributed by atoms with E-state index in [-0.39, 0.29) is 5.78 Å². The van der Waals surface area contributed by atoms with Crippen LogP contribution in [0.2, 0.25) is 0 Å². The van der Waals surface area contributed by atoms with Crippen molar-refractivity contribution < 1.29 is 14.3 Å². The highest BCUT2D eigenvalue weighted by molar-refractivity contribution is 6.07. The van der Waals surface area contributed by atoms with Crippen molar-refractivity contribution in [1.82, 2.24) is 0 Å². The van der Waals surface area contributed by atoms with Gasteiger partial charge in [0.05, 0.1) is 14.2 Å². The SMILES string of the molecule is COc1ccc(C(=O)C=Cc2ccc(C)cc2)cc1OC. The van der Waals surface area contributed by atoms with Crippen molar-refractivity contribution in [2.45, 2.75) is 6.92 Å². The molecule has 0 bridgehead atoms. The Morgan fingerprint density at radius 1 is 0.952 bits per heavy atom. The molecular weight excluding hydrogens is 264 g/mol. The fourth-order valence-corrected chi connectivity index (χ4v) is 1.94. The van der Waals surface area contributed by atoms with Gasteiger partial charge in [0.25, 0.3) is 0 Å². The Balaban J connectivity index is 2.18. The average molecular weight is 282 g/mol. The van der Waals surface area contributed by atoms with Gasteiger partial charge in [-0.25, -0.2) is 0 Å². The first kappa shape index (κ1) is 14.9. The van der Waals surface area contributed by atoms with Crippen molar-refractivity contribution in [3.05, 3.63) is 65.2 Å². The lowest BCUT2D eigenvalue weighted by atomic mass is 10.1. The average Bonchev–Trinajstić information content (AvgIpc) is 2.53. The maximum absolute atomic E-state index is 12.2. The number of ketones is 1. The maximum atomic E-state index is 12.2. The van der Waals surface area contributed by atoms with Crippen molar-refractivity contribution in [1.29, 1.82) is 0 Å². The largest absolute Gasteiger partial charge is 0.493 e. The highest BCUT2D eigenvalue weighted by Gasteiger charge is 2.08. The zero-order chi connectivity index (χ0) is 15.2. The van der Waals surface area contributed by atoms with Gasteiger partial charge in [0.15, 0.2) is 17.3 Å². The molecule has 2 rings (SSSR count). The van der Waals surface area contributed by atoms with Crippen molar-refractivity contribution >= 4 is 11.9 Å². The predicted octanol–water partition coefficient (Wildman–Crippen LogP) is 3.91. The smallest absolute Gasteiger partial charge is 0.185 e. The second-order valence-corrected chi connectivity index (χ2v) is 4.68. The third kappa shape index (κ3) is 3.72. The van der Waals surface area contributed by atoms with E-state index in [1.54, 1.807) is 44.6 Å². The highest BCUT2D eigenvalue weighted by atomic mass is 16.5. The van der Waals surface area contributed by atoms with Crippen LogP contribution in [0.1, 0.15) is 21.5 Å². The molecule has 0 amide bonds. The Bertz CT molecular complexity index is 655. The highest BCUT2D eigenvalue weighted by Crippen LogP contribution is 2.27. The first-order chi connectivity index (χ1) is 10.1. The number of allylic oxidation sites excluding steroid dienone is 1. The fourth-order valence-electron chi connectivity index (χ4n) is 1.94. The minimum Gasteiger partial charge on any atom is -0.493 e. The molecular formula is C18H18O3. The Kier molecular flexibility index (Phi) is 4.77. The van der Waals surface area contributed by atoms with Crippen LogP contribution < -0.4 is 9.47 Å². The van der Waals surface area contributed by atoms with Gasteiger partial charge in [-0.15, -0.1) is 0 Å². The maximum Gasteiger partial charge on any atom is 0.185 e. The van der Waals surface area contributed by atoms with Gasteiger partial charge in [-0.3, -0.25) is 4.79 Å². The Morgan fingerprint density at radius 3 is 2.24 bits per heavy atom. The van der Waals surface area contributed by atoms with E-state index in [0.717, 1.165) is 5.56 Å². The van der Waals surface area contributed by atoms with Crippen LogP contribution in [-0.2, 0) is 0 Å². The minimum atomic E-state index is -0.0727. The molecule has 0 aliphatic rings. The van der Waals surface area contributed by atoms with Crippen molar-refractivity contribution in [3.8, 4) is 11.5 Å². The van der Waals surface area contributed by atoms with Crippen LogP contribution >= 0.6 is 0 Å². The molecule has 0 unspecified atom stereocenters. The number of hydrogen-bond acceptors (Lipinski definition) is 3. The van der Waals surface area contributed by atoms with E-state index in [2.05, 4.69) is 0 Å². The van der Waals surface area contributed by atoms with Gasteiger partial charge >= 0.3 is 0 Å². The third-order valence-electron chi connectivity index (χ3n) is 3.17. The summed E-state index contributed by atoms with van der Waals surface area (Å²) in [6, 6.07) is 13.1. The van der Waals surface area contributed by atoms with Crippen LogP contribution in [-0.4, -0.2) is 20.0 Å². The summed E-state index contributed by atoms with van der Waals surface area (Å²) in [5.41, 5.74) is 2.75. The Labute approximate surface area is 124 Å². The van der Waals surface area contributed by atoms with Crippen molar-refractivity contribution in [2.24, 2.45) is 0 Å². The number of benzene rings is 2. The van der Waals surface area contributed by atoms with E-state index in [1.165, 1.54) is 5.56 Å². The standard InChI is InChI=1S/C18H18O3/c1-13-4-6-14(7-5-13)8-10-16(19)15-9-11-17(20-2)18(12-15)21-3/h4-12H,1-3H3. The molecule has 0 N–H and O–H groups in total. The Morgan fingerprint density at radius 2 is 1.62 bits per heavy atom. The molecule has 0 aromatic heterocycles. The zero-order valence-electron chi connectivity index (χ0n) is 12.4. The molecule has 0 aliphatic carbocycles. The summed E-state index contributed by atoms with van der Waals surface area (Å²) >= 11 is 0. The van der Waals surface area contributed by atoms with Crippen molar-refractivity contribution in [2.75, 3.05) is 14.2 Å². The predicted molar refractivity (Wildman–Crippen MR) is 84.1 cm³/mol. The summed E-state index contributed by atoms with van der Waals surface area (Å²) in [5.74, 6) is 1.08. The van der Waals surface area contributed by atoms with Gasteiger partial charge < -0.3 is 9.47 Å². The van der Waals surface area contributed by atoms with Gasteiger partial charge in [-0.1, -0.05) is 35.9 Å². The second kappa shape index (κ2) is 6.75. The molecule has 0 radical (unpaired) electrons. The molecule has 0 fully saturated rings. The van der Waals surface area contributed by atoms with E-state index >= 15 is 0 Å². The van der Waals surface area contributed by atoms with E-state index in [0.29, 0.717) is 17.1 Å². The molecule has 108 valence electrons. The van der Waals surface area contributed by atoms with Crippen LogP contribution in [0.3, 0.4) is 0 Å². The molecule has 3 heteroatoms. The molecule has 2 aromatic carbocycles. The number of hydrogen-bond donors (Lipinski definition) is 0. The van der Waals surface area contributed by atoms with Gasteiger partial charge in [0, 0.05) is 5.56 Å². The molecule has 0 heterocycles. The van der Waals surface area contributed by atoms with Crippen LogP contribution in [0, 0.1) is 6.92 Å². The summed E-state index contributed by atoms with van der Waals surface area (Å²) in [4.78, 5) is 12.2. The molecule has 3 nitrogen and oxygen atoms in total. The molecule has 2 aromatic rings. The molecule has 0 saturated heterocycles. The lowest BCUT2D eigenvalue weighted by Crippen LogP contribution is -1.97. The second-order valence-electron chi connectivity index (χ2n) is 4.68. The number of carbonyl (C=O) groups is 1. The number of methoxy groups -OCH3 is 2. The van der Waals surface area contributed by atoms with Crippen LogP contribution in [0.5, 0.6) is 11.5 Å². The summed E-state index contributed by atoms with van der Waals surface area (Å²) in [6.07, 6.45) is 3.37. The summed E-state index contributed by atoms with van der Waals surface area (Å²) < 4.78 is 10.4. The summed E-state index contributed by atoms with van der Waals surface area (Å²) in [5, 5.41) is 0. The van der Waals surface area contributed by atoms with Gasteiger partial charge in [0.1, 0.15) is 0 Å². The first-order valence-electron chi connectivity index (χ1n) is 6.65. The zero-order valence-corrected chi connectivity index (χ0v) is 12.4. The number of carbonyl (C=O) groups excluding carboxylic acids is 1. The first-order valence-corrected chi connectivity index (χ1v) is 6.65. The van der Waals surface area contributed by atoms with E-state index in [4.69, 9.17) is 9.47 Å². The fraction of sp³-hybridized carbons (Fsp3) is 0.167. The lowest BCUT2D eigenvalue weighted by Gasteiger charge is -2.07. The summed E-state index contributed by atoms with van der Waals surface area (Å²) in [6.45, 7) is 2.03. The molecule has 21 heavy (non-hydrogen) atoms. The van der Waals surface area contributed by atoms with Gasteiger partial charge in [-0.05, 0) is 36.8 Å². The molecule has 0 atom stereocenters. The van der Waals surface area contributed by atoms with Crippen LogP contribution in [0.25, 0.3) is 6.08 Å². The van der Waals surface area contributed by atoms with E-state index in [1.807, 2.05) is 31.2 Å². The van der Waals surface area contributed by atoms with E-state index < -0.39 is 0 Å². The molecule has 0 saturated carbocycles. The van der Waals surface area contributed by atoms with Crippen LogP contribution in [0.4, 0.5) is 0 Å². The quantitative estimate of drug-likeness (QED) is 0.616. The molecule has 0 spiro atoms. The lowest BCUT2D eigenvalue weighted by molar-refractivity contribution is 0.104.